The van der Waals surface area contributed by atoms with Gasteiger partial charge in [0.1, 0.15) is 11.8 Å². The van der Waals surface area contributed by atoms with Gasteiger partial charge in [-0.05, 0) is 35.7 Å². The average molecular weight is 447 g/mol. The number of amides is 2. The first-order chi connectivity index (χ1) is 14.9. The number of nitrogens with one attached hydrogen (secondary N) is 2. The fourth-order valence-corrected chi connectivity index (χ4v) is 3.39. The third-order valence-electron chi connectivity index (χ3n) is 4.71. The van der Waals surface area contributed by atoms with Gasteiger partial charge in [0.2, 0.25) is 5.91 Å². The molecular weight excluding hydrogens is 420 g/mol. The first kappa shape index (κ1) is 22.7. The second-order valence-electron chi connectivity index (χ2n) is 7.56. The van der Waals surface area contributed by atoms with Crippen LogP contribution in [0.15, 0.2) is 42.5 Å². The second-order valence-corrected chi connectivity index (χ2v) is 7.97. The second kappa shape index (κ2) is 10.9. The van der Waals surface area contributed by atoms with Crippen molar-refractivity contribution >= 4 is 23.4 Å². The van der Waals surface area contributed by atoms with Crippen molar-refractivity contribution in [2.75, 3.05) is 19.8 Å². The van der Waals surface area contributed by atoms with Gasteiger partial charge in [-0.1, -0.05) is 43.6 Å². The normalized spacial score (nSPS) is 13.8. The summed E-state index contributed by atoms with van der Waals surface area (Å²) < 4.78 is 16.8. The summed E-state index contributed by atoms with van der Waals surface area (Å²) in [5.74, 6) is 0.936. The van der Waals surface area contributed by atoms with E-state index in [4.69, 9.17) is 25.8 Å². The largest absolute Gasteiger partial charge is 0.489 e. The summed E-state index contributed by atoms with van der Waals surface area (Å²) in [6.45, 7) is 4.91. The molecule has 0 unspecified atom stereocenters. The van der Waals surface area contributed by atoms with Crippen LogP contribution in [0.1, 0.15) is 25.8 Å². The Kier molecular flexibility index (Phi) is 8.00. The van der Waals surface area contributed by atoms with E-state index in [1.54, 1.807) is 18.2 Å². The molecule has 0 aliphatic carbocycles. The Hall–Kier alpha value is -2.93. The number of para-hydroxylation sites is 1. The molecule has 1 atom stereocenters. The lowest BCUT2D eigenvalue weighted by atomic mass is 10.0. The van der Waals surface area contributed by atoms with Gasteiger partial charge in [-0.2, -0.15) is 0 Å². The maximum atomic E-state index is 12.7. The van der Waals surface area contributed by atoms with Gasteiger partial charge in [-0.3, -0.25) is 9.59 Å². The van der Waals surface area contributed by atoms with E-state index in [-0.39, 0.29) is 30.9 Å². The summed E-state index contributed by atoms with van der Waals surface area (Å²) in [7, 11) is 0. The smallest absolute Gasteiger partial charge is 0.258 e. The molecule has 0 aromatic heterocycles. The number of benzene rings is 2. The molecule has 7 nitrogen and oxygen atoms in total. The van der Waals surface area contributed by atoms with Crippen LogP contribution in [-0.4, -0.2) is 37.7 Å². The molecule has 0 saturated heterocycles. The van der Waals surface area contributed by atoms with E-state index in [0.717, 1.165) is 12.0 Å². The predicted octanol–water partition coefficient (Wildman–Crippen LogP) is 3.34. The number of fused-ring (bicyclic) bond motifs is 1. The third kappa shape index (κ3) is 6.52. The van der Waals surface area contributed by atoms with Crippen LogP contribution in [0.25, 0.3) is 0 Å². The van der Waals surface area contributed by atoms with E-state index in [1.165, 1.54) is 0 Å². The molecule has 2 aromatic rings. The van der Waals surface area contributed by atoms with Crippen LogP contribution < -0.4 is 24.8 Å². The minimum Gasteiger partial charge on any atom is -0.489 e. The molecule has 31 heavy (non-hydrogen) atoms. The van der Waals surface area contributed by atoms with Crippen molar-refractivity contribution in [3.63, 3.8) is 0 Å². The zero-order valence-corrected chi connectivity index (χ0v) is 18.4. The molecule has 0 radical (unpaired) electrons. The molecule has 3 rings (SSSR count). The minimum absolute atomic E-state index is 0.104. The summed E-state index contributed by atoms with van der Waals surface area (Å²) in [5, 5.41) is 6.05. The molecule has 1 aliphatic heterocycles. The van der Waals surface area contributed by atoms with Gasteiger partial charge < -0.3 is 24.8 Å². The van der Waals surface area contributed by atoms with E-state index >= 15 is 0 Å². The molecule has 2 amide bonds. The average Bonchev–Trinajstić information content (AvgIpc) is 3.01. The standard InChI is InChI=1S/C23H27ClN2O5/c1-15(2)21(26-20(27)14-31-17-7-4-3-5-8-17)23(28)25-13-16-11-18(24)22-19(12-16)29-9-6-10-30-22/h3-5,7-8,11-12,15,21H,6,9-10,13-14H2,1-2H3,(H,25,28)(H,26,27)/t21-/m0/s1. The maximum Gasteiger partial charge on any atom is 0.258 e. The van der Waals surface area contributed by atoms with Gasteiger partial charge in [0.05, 0.1) is 18.2 Å². The maximum absolute atomic E-state index is 12.7. The number of hydrogen-bond donors (Lipinski definition) is 2. The molecule has 0 spiro atoms. The molecular formula is C23H27ClN2O5. The lowest BCUT2D eigenvalue weighted by Gasteiger charge is -2.22. The topological polar surface area (TPSA) is 85.9 Å². The highest BCUT2D eigenvalue weighted by Crippen LogP contribution is 2.37. The van der Waals surface area contributed by atoms with Crippen LogP contribution in [0.4, 0.5) is 0 Å². The van der Waals surface area contributed by atoms with Crippen LogP contribution in [0.5, 0.6) is 17.2 Å². The van der Waals surface area contributed by atoms with E-state index in [0.29, 0.717) is 35.5 Å². The van der Waals surface area contributed by atoms with Gasteiger partial charge in [0.15, 0.2) is 18.1 Å². The van der Waals surface area contributed by atoms with Gasteiger partial charge >= 0.3 is 0 Å². The summed E-state index contributed by atoms with van der Waals surface area (Å²) >= 11 is 6.31. The number of carbonyl (C=O) groups excluding carboxylic acids is 2. The van der Waals surface area contributed by atoms with Gasteiger partial charge in [-0.25, -0.2) is 0 Å². The Morgan fingerprint density at radius 1 is 1.13 bits per heavy atom. The van der Waals surface area contributed by atoms with Gasteiger partial charge in [0.25, 0.3) is 5.91 Å². The van der Waals surface area contributed by atoms with E-state index in [1.807, 2.05) is 38.1 Å². The molecule has 1 aliphatic rings. The van der Waals surface area contributed by atoms with Gasteiger partial charge in [-0.15, -0.1) is 0 Å². The Balaban J connectivity index is 1.56. The highest BCUT2D eigenvalue weighted by molar-refractivity contribution is 6.32. The lowest BCUT2D eigenvalue weighted by Crippen LogP contribution is -2.50. The molecule has 2 N–H and O–H groups in total. The van der Waals surface area contributed by atoms with Gasteiger partial charge in [0, 0.05) is 13.0 Å². The molecule has 0 saturated carbocycles. The minimum atomic E-state index is -0.692. The fourth-order valence-electron chi connectivity index (χ4n) is 3.10. The Labute approximate surface area is 187 Å². The summed E-state index contributed by atoms with van der Waals surface area (Å²) in [6.07, 6.45) is 0.779. The first-order valence-electron chi connectivity index (χ1n) is 10.3. The number of carbonyl (C=O) groups is 2. The molecule has 0 fully saturated rings. The van der Waals surface area contributed by atoms with Crippen LogP contribution in [0.2, 0.25) is 5.02 Å². The van der Waals surface area contributed by atoms with Crippen LogP contribution >= 0.6 is 11.6 Å². The van der Waals surface area contributed by atoms with Crippen molar-refractivity contribution in [2.24, 2.45) is 5.92 Å². The van der Waals surface area contributed by atoms with Crippen LogP contribution in [0, 0.1) is 5.92 Å². The lowest BCUT2D eigenvalue weighted by molar-refractivity contribution is -0.131. The van der Waals surface area contributed by atoms with Crippen molar-refractivity contribution in [1.29, 1.82) is 0 Å². The summed E-state index contributed by atoms with van der Waals surface area (Å²) in [4.78, 5) is 25.0. The van der Waals surface area contributed by atoms with Crippen LogP contribution in [-0.2, 0) is 16.1 Å². The van der Waals surface area contributed by atoms with E-state index in [9.17, 15) is 9.59 Å². The van der Waals surface area contributed by atoms with Crippen molar-refractivity contribution in [3.8, 4) is 17.2 Å². The van der Waals surface area contributed by atoms with Crippen molar-refractivity contribution in [1.82, 2.24) is 10.6 Å². The zero-order chi connectivity index (χ0) is 22.2. The van der Waals surface area contributed by atoms with Crippen LogP contribution in [0.3, 0.4) is 0 Å². The Morgan fingerprint density at radius 2 is 1.87 bits per heavy atom. The number of rotatable bonds is 8. The first-order valence-corrected chi connectivity index (χ1v) is 10.6. The molecule has 1 heterocycles. The Bertz CT molecular complexity index is 904. The monoisotopic (exact) mass is 446 g/mol. The highest BCUT2D eigenvalue weighted by atomic mass is 35.5. The third-order valence-corrected chi connectivity index (χ3v) is 4.99. The molecule has 2 aromatic carbocycles. The van der Waals surface area contributed by atoms with E-state index in [2.05, 4.69) is 10.6 Å². The Morgan fingerprint density at radius 3 is 2.61 bits per heavy atom. The molecule has 0 bridgehead atoms. The van der Waals surface area contributed by atoms with E-state index < -0.39 is 6.04 Å². The molecule has 166 valence electrons. The predicted molar refractivity (Wildman–Crippen MR) is 118 cm³/mol. The number of ether oxygens (including phenoxy) is 3. The SMILES string of the molecule is CC(C)[C@H](NC(=O)COc1ccccc1)C(=O)NCc1cc(Cl)c2c(c1)OCCCO2. The number of halogens is 1. The number of hydrogen-bond acceptors (Lipinski definition) is 5. The quantitative estimate of drug-likeness (QED) is 0.649. The molecule has 8 heteroatoms. The summed E-state index contributed by atoms with van der Waals surface area (Å²) in [6, 6.07) is 11.9. The van der Waals surface area contributed by atoms with Crippen molar-refractivity contribution < 1.29 is 23.8 Å². The van der Waals surface area contributed by atoms with Crippen molar-refractivity contribution in [2.45, 2.75) is 32.9 Å². The van der Waals surface area contributed by atoms with Crippen molar-refractivity contribution in [3.05, 3.63) is 53.1 Å². The highest BCUT2D eigenvalue weighted by Gasteiger charge is 2.24. The summed E-state index contributed by atoms with van der Waals surface area (Å²) in [5.41, 5.74) is 0.781. The zero-order valence-electron chi connectivity index (χ0n) is 17.7. The fraction of sp³-hybridized carbons (Fsp3) is 0.391.